The van der Waals surface area contributed by atoms with Gasteiger partial charge in [0, 0.05) is 55.5 Å². The molecule has 2 aliphatic rings. The van der Waals surface area contributed by atoms with E-state index in [1.54, 1.807) is 10.7 Å². The monoisotopic (exact) mass is 506 g/mol. The molecule has 10 heteroatoms. The summed E-state index contributed by atoms with van der Waals surface area (Å²) in [5.74, 6) is 0.403. The Balaban J connectivity index is 1.51. The Morgan fingerprint density at radius 1 is 1.14 bits per heavy atom. The molecular formula is C27H31FN6O3. The number of amides is 1. The van der Waals surface area contributed by atoms with Gasteiger partial charge in [-0.15, -0.1) is 0 Å². The van der Waals surface area contributed by atoms with Gasteiger partial charge in [-0.1, -0.05) is 13.0 Å². The van der Waals surface area contributed by atoms with Crippen molar-refractivity contribution in [3.8, 4) is 5.69 Å². The number of aromatic nitrogens is 2. The number of aryl methyl sites for hydroxylation is 1. The molecule has 3 aromatic rings. The third-order valence-electron chi connectivity index (χ3n) is 7.23. The van der Waals surface area contributed by atoms with Gasteiger partial charge < -0.3 is 14.7 Å². The second kappa shape index (κ2) is 10.3. The number of nitro groups is 1. The van der Waals surface area contributed by atoms with Crippen molar-refractivity contribution in [2.75, 3.05) is 37.6 Å². The first kappa shape index (κ1) is 24.9. The molecular weight excluding hydrogens is 475 g/mol. The van der Waals surface area contributed by atoms with E-state index in [-0.39, 0.29) is 23.5 Å². The lowest BCUT2D eigenvalue weighted by Gasteiger charge is -2.36. The van der Waals surface area contributed by atoms with Crippen LogP contribution in [0.3, 0.4) is 0 Å². The van der Waals surface area contributed by atoms with E-state index in [4.69, 9.17) is 5.10 Å². The molecule has 9 nitrogen and oxygen atoms in total. The fourth-order valence-electron chi connectivity index (χ4n) is 4.94. The Labute approximate surface area is 215 Å². The second-order valence-electron chi connectivity index (χ2n) is 9.67. The summed E-state index contributed by atoms with van der Waals surface area (Å²) in [5, 5.41) is 15.9. The lowest BCUT2D eigenvalue weighted by molar-refractivity contribution is -0.384. The molecule has 2 fully saturated rings. The molecule has 194 valence electrons. The van der Waals surface area contributed by atoms with Crippen molar-refractivity contribution in [1.82, 2.24) is 19.6 Å². The first-order valence-electron chi connectivity index (χ1n) is 12.7. The van der Waals surface area contributed by atoms with Gasteiger partial charge in [-0.25, -0.2) is 9.07 Å². The standard InChI is InChI=1S/C27H31FN6O3/c1-3-30-13-15-31(16-14-30)26-25(19(2)29-33(26)24-6-4-5-21(28)17-24)18-32(22-11-12-22)27(35)20-7-9-23(10-8-20)34(36)37/h4-10,17,22H,3,11-16,18H2,1-2H3. The van der Waals surface area contributed by atoms with Crippen LogP contribution < -0.4 is 4.90 Å². The first-order chi connectivity index (χ1) is 17.9. The molecule has 0 atom stereocenters. The number of piperazine rings is 1. The van der Waals surface area contributed by atoms with Gasteiger partial charge in [0.15, 0.2) is 0 Å². The van der Waals surface area contributed by atoms with Crippen molar-refractivity contribution >= 4 is 17.4 Å². The number of anilines is 1. The number of rotatable bonds is 8. The van der Waals surface area contributed by atoms with Crippen LogP contribution in [0.15, 0.2) is 48.5 Å². The van der Waals surface area contributed by atoms with E-state index < -0.39 is 4.92 Å². The second-order valence-corrected chi connectivity index (χ2v) is 9.67. The van der Waals surface area contributed by atoms with E-state index in [1.165, 1.54) is 36.4 Å². The number of nitrogens with zero attached hydrogens (tertiary/aromatic N) is 6. The van der Waals surface area contributed by atoms with E-state index >= 15 is 0 Å². The topological polar surface area (TPSA) is 87.8 Å². The number of non-ortho nitro benzene ring substituents is 1. The van der Waals surface area contributed by atoms with Crippen LogP contribution in [0.4, 0.5) is 15.9 Å². The average molecular weight is 507 g/mol. The zero-order valence-electron chi connectivity index (χ0n) is 21.1. The average Bonchev–Trinajstić information content (AvgIpc) is 3.70. The third-order valence-corrected chi connectivity index (χ3v) is 7.23. The highest BCUT2D eigenvalue weighted by Crippen LogP contribution is 2.35. The highest BCUT2D eigenvalue weighted by atomic mass is 19.1. The SMILES string of the molecule is CCN1CCN(c2c(CN(C(=O)c3ccc([N+](=O)[O-])cc3)C3CC3)c(C)nn2-c2cccc(F)c2)CC1. The summed E-state index contributed by atoms with van der Waals surface area (Å²) < 4.78 is 16.0. The van der Waals surface area contributed by atoms with Crippen molar-refractivity contribution in [1.29, 1.82) is 0 Å². The first-order valence-corrected chi connectivity index (χ1v) is 12.7. The molecule has 1 aromatic heterocycles. The van der Waals surface area contributed by atoms with E-state index in [2.05, 4.69) is 16.7 Å². The van der Waals surface area contributed by atoms with Gasteiger partial charge in [-0.2, -0.15) is 5.10 Å². The Hall–Kier alpha value is -3.79. The highest BCUT2D eigenvalue weighted by molar-refractivity contribution is 5.95. The van der Waals surface area contributed by atoms with Gasteiger partial charge in [0.05, 0.1) is 22.8 Å². The molecule has 0 N–H and O–H groups in total. The van der Waals surface area contributed by atoms with E-state index in [0.717, 1.165) is 62.6 Å². The molecule has 0 spiro atoms. The van der Waals surface area contributed by atoms with Crippen molar-refractivity contribution in [3.05, 3.63) is 81.3 Å². The summed E-state index contributed by atoms with van der Waals surface area (Å²) in [6.45, 7) is 8.88. The molecule has 2 heterocycles. The molecule has 2 aromatic carbocycles. The van der Waals surface area contributed by atoms with Crippen LogP contribution >= 0.6 is 0 Å². The van der Waals surface area contributed by atoms with Gasteiger partial charge in [0.25, 0.3) is 11.6 Å². The summed E-state index contributed by atoms with van der Waals surface area (Å²) in [7, 11) is 0. The van der Waals surface area contributed by atoms with Crippen LogP contribution in [0.1, 0.15) is 41.4 Å². The minimum atomic E-state index is -0.471. The van der Waals surface area contributed by atoms with Gasteiger partial charge in [0.2, 0.25) is 0 Å². The Bertz CT molecular complexity index is 1300. The van der Waals surface area contributed by atoms with Crippen molar-refractivity contribution < 1.29 is 14.1 Å². The van der Waals surface area contributed by atoms with Crippen molar-refractivity contribution in [2.45, 2.75) is 39.3 Å². The highest BCUT2D eigenvalue weighted by Gasteiger charge is 2.36. The maximum absolute atomic E-state index is 14.2. The van der Waals surface area contributed by atoms with E-state index in [1.807, 2.05) is 17.9 Å². The van der Waals surface area contributed by atoms with Gasteiger partial charge in [-0.05, 0) is 56.6 Å². The fourth-order valence-corrected chi connectivity index (χ4v) is 4.94. The number of nitro benzene ring substituents is 1. The Kier molecular flexibility index (Phi) is 6.92. The number of benzene rings is 2. The number of carbonyl (C=O) groups is 1. The van der Waals surface area contributed by atoms with Gasteiger partial charge in [0.1, 0.15) is 11.6 Å². The summed E-state index contributed by atoms with van der Waals surface area (Å²) in [5.41, 5.74) is 2.75. The molecule has 1 amide bonds. The summed E-state index contributed by atoms with van der Waals surface area (Å²) in [6, 6.07) is 12.3. The predicted octanol–water partition coefficient (Wildman–Crippen LogP) is 4.17. The summed E-state index contributed by atoms with van der Waals surface area (Å²) in [6.07, 6.45) is 1.83. The fraction of sp³-hybridized carbons (Fsp3) is 0.407. The summed E-state index contributed by atoms with van der Waals surface area (Å²) >= 11 is 0. The maximum atomic E-state index is 14.2. The molecule has 1 aliphatic carbocycles. The number of carbonyl (C=O) groups excluding carboxylic acids is 1. The molecule has 1 aliphatic heterocycles. The zero-order valence-corrected chi connectivity index (χ0v) is 21.1. The molecule has 0 unspecified atom stereocenters. The molecule has 0 bridgehead atoms. The quantitative estimate of drug-likeness (QED) is 0.337. The smallest absolute Gasteiger partial charge is 0.269 e. The number of hydrogen-bond donors (Lipinski definition) is 0. The summed E-state index contributed by atoms with van der Waals surface area (Å²) in [4.78, 5) is 30.7. The largest absolute Gasteiger partial charge is 0.354 e. The van der Waals surface area contributed by atoms with E-state index in [9.17, 15) is 19.3 Å². The molecule has 37 heavy (non-hydrogen) atoms. The van der Waals surface area contributed by atoms with E-state index in [0.29, 0.717) is 17.8 Å². The Morgan fingerprint density at radius 2 is 1.84 bits per heavy atom. The lowest BCUT2D eigenvalue weighted by Crippen LogP contribution is -2.47. The molecule has 1 saturated carbocycles. The zero-order chi connectivity index (χ0) is 26.1. The van der Waals surface area contributed by atoms with Crippen LogP contribution in [-0.2, 0) is 6.54 Å². The number of hydrogen-bond acceptors (Lipinski definition) is 6. The van der Waals surface area contributed by atoms with Gasteiger partial charge in [-0.3, -0.25) is 14.9 Å². The number of halogens is 1. The van der Waals surface area contributed by atoms with Crippen molar-refractivity contribution in [3.63, 3.8) is 0 Å². The minimum Gasteiger partial charge on any atom is -0.354 e. The predicted molar refractivity (Wildman–Crippen MR) is 139 cm³/mol. The molecule has 5 rings (SSSR count). The number of likely N-dealkylation sites (N-methyl/N-ethyl adjacent to an activating group) is 1. The lowest BCUT2D eigenvalue weighted by atomic mass is 10.1. The minimum absolute atomic E-state index is 0.0461. The van der Waals surface area contributed by atoms with Crippen LogP contribution in [0.25, 0.3) is 5.69 Å². The molecule has 1 saturated heterocycles. The van der Waals surface area contributed by atoms with Gasteiger partial charge >= 0.3 is 0 Å². The normalized spacial score (nSPS) is 16.1. The molecule has 0 radical (unpaired) electrons. The van der Waals surface area contributed by atoms with Crippen LogP contribution in [0, 0.1) is 22.9 Å². The van der Waals surface area contributed by atoms with Crippen molar-refractivity contribution in [2.24, 2.45) is 0 Å². The maximum Gasteiger partial charge on any atom is 0.269 e. The van der Waals surface area contributed by atoms with Crippen LogP contribution in [-0.4, -0.2) is 69.2 Å². The van der Waals surface area contributed by atoms with Crippen LogP contribution in [0.2, 0.25) is 0 Å². The Morgan fingerprint density at radius 3 is 2.43 bits per heavy atom. The third kappa shape index (κ3) is 5.20. The van der Waals surface area contributed by atoms with Crippen LogP contribution in [0.5, 0.6) is 0 Å².